The molecular weight excluding hydrogens is 290 g/mol. The lowest BCUT2D eigenvalue weighted by atomic mass is 10.0. The van der Waals surface area contributed by atoms with Crippen molar-refractivity contribution in [3.63, 3.8) is 0 Å². The maximum absolute atomic E-state index is 12.3. The van der Waals surface area contributed by atoms with Gasteiger partial charge in [-0.05, 0) is 31.0 Å². The first kappa shape index (κ1) is 17.9. The van der Waals surface area contributed by atoms with Crippen LogP contribution in [0.3, 0.4) is 0 Å². The van der Waals surface area contributed by atoms with Gasteiger partial charge in [-0.15, -0.1) is 0 Å². The van der Waals surface area contributed by atoms with Crippen LogP contribution in [0.15, 0.2) is 23.1 Å². The van der Waals surface area contributed by atoms with Gasteiger partial charge in [0.1, 0.15) is 5.75 Å². The number of ether oxygens (including phenoxy) is 1. The van der Waals surface area contributed by atoms with Crippen LogP contribution in [0.1, 0.15) is 39.2 Å². The molecule has 0 spiro atoms. The van der Waals surface area contributed by atoms with Crippen molar-refractivity contribution in [3.8, 4) is 5.75 Å². The van der Waals surface area contributed by atoms with Crippen LogP contribution >= 0.6 is 0 Å². The molecule has 0 aliphatic heterocycles. The molecule has 0 saturated carbocycles. The van der Waals surface area contributed by atoms with E-state index in [2.05, 4.69) is 4.72 Å². The molecule has 1 rings (SSSR count). The van der Waals surface area contributed by atoms with E-state index in [9.17, 15) is 13.5 Å². The number of benzene rings is 1. The highest BCUT2D eigenvalue weighted by Gasteiger charge is 2.17. The first-order valence-corrected chi connectivity index (χ1v) is 8.82. The fourth-order valence-electron chi connectivity index (χ4n) is 2.03. The second-order valence-electron chi connectivity index (χ2n) is 4.90. The summed E-state index contributed by atoms with van der Waals surface area (Å²) in [6.07, 6.45) is 1.87. The SMILES string of the molecule is CCOc1ccc(S(=O)(=O)NCC(CC)CC)cc1CO. The summed E-state index contributed by atoms with van der Waals surface area (Å²) < 4.78 is 32.5. The van der Waals surface area contributed by atoms with Crippen molar-refractivity contribution in [2.75, 3.05) is 13.2 Å². The second-order valence-corrected chi connectivity index (χ2v) is 6.66. The molecule has 0 aliphatic carbocycles. The smallest absolute Gasteiger partial charge is 0.240 e. The third-order valence-corrected chi connectivity index (χ3v) is 4.95. The number of hydrogen-bond donors (Lipinski definition) is 2. The predicted molar refractivity (Wildman–Crippen MR) is 82.8 cm³/mol. The van der Waals surface area contributed by atoms with Crippen LogP contribution in [0.4, 0.5) is 0 Å². The average molecular weight is 315 g/mol. The maximum Gasteiger partial charge on any atom is 0.240 e. The van der Waals surface area contributed by atoms with E-state index in [0.717, 1.165) is 12.8 Å². The molecule has 2 N–H and O–H groups in total. The summed E-state index contributed by atoms with van der Waals surface area (Å²) in [7, 11) is -3.56. The molecule has 0 radical (unpaired) electrons. The lowest BCUT2D eigenvalue weighted by molar-refractivity contribution is 0.266. The normalized spacial score (nSPS) is 11.9. The number of nitrogens with one attached hydrogen (secondary N) is 1. The van der Waals surface area contributed by atoms with Crippen molar-refractivity contribution >= 4 is 10.0 Å². The zero-order chi connectivity index (χ0) is 15.9. The van der Waals surface area contributed by atoms with Crippen molar-refractivity contribution in [2.24, 2.45) is 5.92 Å². The number of hydrogen-bond acceptors (Lipinski definition) is 4. The molecule has 0 heterocycles. The molecule has 0 bridgehead atoms. The minimum atomic E-state index is -3.56. The number of sulfonamides is 1. The van der Waals surface area contributed by atoms with Crippen molar-refractivity contribution in [3.05, 3.63) is 23.8 Å². The minimum Gasteiger partial charge on any atom is -0.494 e. The Labute approximate surface area is 127 Å². The van der Waals surface area contributed by atoms with Crippen LogP contribution in [-0.4, -0.2) is 26.7 Å². The van der Waals surface area contributed by atoms with E-state index >= 15 is 0 Å². The number of aliphatic hydroxyl groups is 1. The summed E-state index contributed by atoms with van der Waals surface area (Å²) in [6, 6.07) is 4.54. The first-order valence-electron chi connectivity index (χ1n) is 7.34. The van der Waals surface area contributed by atoms with Crippen LogP contribution in [0.2, 0.25) is 0 Å². The minimum absolute atomic E-state index is 0.154. The second kappa shape index (κ2) is 8.36. The maximum atomic E-state index is 12.3. The first-order chi connectivity index (χ1) is 9.98. The summed E-state index contributed by atoms with van der Waals surface area (Å²) in [5.74, 6) is 0.846. The highest BCUT2D eigenvalue weighted by atomic mass is 32.2. The predicted octanol–water partition coefficient (Wildman–Crippen LogP) is 2.29. The summed E-state index contributed by atoms with van der Waals surface area (Å²) in [6.45, 7) is 6.56. The summed E-state index contributed by atoms with van der Waals surface area (Å²) in [5.41, 5.74) is 0.474. The molecule has 120 valence electrons. The van der Waals surface area contributed by atoms with Crippen LogP contribution in [0, 0.1) is 5.92 Å². The summed E-state index contributed by atoms with van der Waals surface area (Å²) in [5, 5.41) is 9.33. The molecule has 0 atom stereocenters. The summed E-state index contributed by atoms with van der Waals surface area (Å²) >= 11 is 0. The molecule has 0 saturated heterocycles. The van der Waals surface area contributed by atoms with Gasteiger partial charge in [0.2, 0.25) is 10.0 Å². The van der Waals surface area contributed by atoms with Gasteiger partial charge < -0.3 is 9.84 Å². The fourth-order valence-corrected chi connectivity index (χ4v) is 3.20. The zero-order valence-corrected chi connectivity index (χ0v) is 13.7. The Balaban J connectivity index is 2.93. The van der Waals surface area contributed by atoms with Gasteiger partial charge in [-0.2, -0.15) is 0 Å². The van der Waals surface area contributed by atoms with Gasteiger partial charge in [0.25, 0.3) is 0 Å². The molecule has 6 heteroatoms. The van der Waals surface area contributed by atoms with Crippen LogP contribution < -0.4 is 9.46 Å². The molecule has 0 unspecified atom stereocenters. The van der Waals surface area contributed by atoms with Gasteiger partial charge in [-0.3, -0.25) is 0 Å². The molecule has 0 aromatic heterocycles. The van der Waals surface area contributed by atoms with E-state index in [1.54, 1.807) is 6.07 Å². The Kier molecular flexibility index (Phi) is 7.14. The highest BCUT2D eigenvalue weighted by molar-refractivity contribution is 7.89. The molecular formula is C15H25NO4S. The van der Waals surface area contributed by atoms with E-state index < -0.39 is 10.0 Å². The fraction of sp³-hybridized carbons (Fsp3) is 0.600. The van der Waals surface area contributed by atoms with Crippen molar-refractivity contribution in [2.45, 2.75) is 45.1 Å². The molecule has 21 heavy (non-hydrogen) atoms. The van der Waals surface area contributed by atoms with Gasteiger partial charge in [-0.25, -0.2) is 13.1 Å². The van der Waals surface area contributed by atoms with Gasteiger partial charge in [0.15, 0.2) is 0 Å². The number of aliphatic hydroxyl groups excluding tert-OH is 1. The van der Waals surface area contributed by atoms with Gasteiger partial charge >= 0.3 is 0 Å². The standard InChI is InChI=1S/C15H25NO4S/c1-4-12(5-2)10-16-21(18,19)14-7-8-15(20-6-3)13(9-14)11-17/h7-9,12,16-17H,4-6,10-11H2,1-3H3. The van der Waals surface area contributed by atoms with Gasteiger partial charge in [-0.1, -0.05) is 26.7 Å². The topological polar surface area (TPSA) is 75.6 Å². The van der Waals surface area contributed by atoms with Crippen LogP contribution in [0.25, 0.3) is 0 Å². The third-order valence-electron chi connectivity index (χ3n) is 3.53. The van der Waals surface area contributed by atoms with Gasteiger partial charge in [0, 0.05) is 12.1 Å². The van der Waals surface area contributed by atoms with Crippen LogP contribution in [-0.2, 0) is 16.6 Å². The lowest BCUT2D eigenvalue weighted by Crippen LogP contribution is -2.29. The average Bonchev–Trinajstić information content (AvgIpc) is 2.48. The highest BCUT2D eigenvalue weighted by Crippen LogP contribution is 2.23. The molecule has 1 aromatic rings. The Bertz CT molecular complexity index is 539. The van der Waals surface area contributed by atoms with Gasteiger partial charge in [0.05, 0.1) is 18.1 Å². The van der Waals surface area contributed by atoms with E-state index in [4.69, 9.17) is 4.74 Å². The largest absolute Gasteiger partial charge is 0.494 e. The third kappa shape index (κ3) is 4.98. The van der Waals surface area contributed by atoms with E-state index in [1.807, 2.05) is 20.8 Å². The Morgan fingerprint density at radius 3 is 2.43 bits per heavy atom. The van der Waals surface area contributed by atoms with Crippen LogP contribution in [0.5, 0.6) is 5.75 Å². The lowest BCUT2D eigenvalue weighted by Gasteiger charge is -2.15. The van der Waals surface area contributed by atoms with E-state index in [0.29, 0.717) is 30.4 Å². The van der Waals surface area contributed by atoms with E-state index in [-0.39, 0.29) is 11.5 Å². The zero-order valence-electron chi connectivity index (χ0n) is 12.9. The molecule has 1 aromatic carbocycles. The molecule has 0 fully saturated rings. The van der Waals surface area contributed by atoms with Crippen molar-refractivity contribution in [1.82, 2.24) is 4.72 Å². The Hall–Kier alpha value is -1.11. The Morgan fingerprint density at radius 2 is 1.90 bits per heavy atom. The monoisotopic (exact) mass is 315 g/mol. The van der Waals surface area contributed by atoms with Crippen molar-refractivity contribution < 1.29 is 18.3 Å². The number of rotatable bonds is 9. The molecule has 5 nitrogen and oxygen atoms in total. The molecule has 0 amide bonds. The summed E-state index contributed by atoms with van der Waals surface area (Å²) in [4.78, 5) is 0.154. The molecule has 0 aliphatic rings. The quantitative estimate of drug-likeness (QED) is 0.733. The Morgan fingerprint density at radius 1 is 1.24 bits per heavy atom. The van der Waals surface area contributed by atoms with E-state index in [1.165, 1.54) is 12.1 Å². The van der Waals surface area contributed by atoms with Crippen molar-refractivity contribution in [1.29, 1.82) is 0 Å².